The molecule has 1 aliphatic rings. The van der Waals surface area contributed by atoms with E-state index in [9.17, 15) is 4.79 Å². The molecule has 1 aromatic heterocycles. The van der Waals surface area contributed by atoms with Crippen LogP contribution in [0.15, 0.2) is 4.52 Å². The van der Waals surface area contributed by atoms with Crippen LogP contribution in [0.3, 0.4) is 0 Å². The summed E-state index contributed by atoms with van der Waals surface area (Å²) in [4.78, 5) is 12.1. The van der Waals surface area contributed by atoms with E-state index in [0.717, 1.165) is 30.6 Å². The summed E-state index contributed by atoms with van der Waals surface area (Å²) in [5, 5.41) is 10.3. The lowest BCUT2D eigenvalue weighted by molar-refractivity contribution is -0.120. The molecule has 1 fully saturated rings. The molecule has 2 heterocycles. The van der Waals surface area contributed by atoms with Crippen LogP contribution < -0.4 is 10.6 Å². The Labute approximate surface area is 131 Å². The second kappa shape index (κ2) is 7.77. The van der Waals surface area contributed by atoms with Crippen LogP contribution in [0.5, 0.6) is 0 Å². The Morgan fingerprint density at radius 2 is 2.29 bits per heavy atom. The lowest BCUT2D eigenvalue weighted by atomic mass is 9.98. The van der Waals surface area contributed by atoms with Gasteiger partial charge < -0.3 is 19.9 Å². The molecule has 1 unspecified atom stereocenters. The second-order valence-electron chi connectivity index (χ2n) is 5.50. The van der Waals surface area contributed by atoms with E-state index in [1.165, 1.54) is 0 Å². The number of aromatic nitrogens is 1. The van der Waals surface area contributed by atoms with Crippen molar-refractivity contribution in [1.29, 1.82) is 0 Å². The van der Waals surface area contributed by atoms with Crippen LogP contribution in [0.2, 0.25) is 0 Å². The van der Waals surface area contributed by atoms with Crippen molar-refractivity contribution in [3.63, 3.8) is 0 Å². The van der Waals surface area contributed by atoms with Gasteiger partial charge >= 0.3 is 0 Å². The number of halogens is 1. The van der Waals surface area contributed by atoms with Crippen LogP contribution in [0.25, 0.3) is 0 Å². The third-order valence-electron chi connectivity index (χ3n) is 3.90. The Morgan fingerprint density at radius 1 is 1.52 bits per heavy atom. The molecule has 0 spiro atoms. The lowest BCUT2D eigenvalue weighted by Gasteiger charge is -2.28. The summed E-state index contributed by atoms with van der Waals surface area (Å²) in [5.41, 5.74) is 1.54. The number of aryl methyl sites for hydroxylation is 2. The predicted molar refractivity (Wildman–Crippen MR) is 81.8 cm³/mol. The van der Waals surface area contributed by atoms with Crippen molar-refractivity contribution in [3.8, 4) is 0 Å². The molecule has 21 heavy (non-hydrogen) atoms. The molecule has 6 nitrogen and oxygen atoms in total. The molecule has 1 saturated heterocycles. The summed E-state index contributed by atoms with van der Waals surface area (Å²) >= 11 is 0. The lowest BCUT2D eigenvalue weighted by Crippen LogP contribution is -2.53. The van der Waals surface area contributed by atoms with E-state index in [4.69, 9.17) is 9.26 Å². The first-order valence-electron chi connectivity index (χ1n) is 6.99. The van der Waals surface area contributed by atoms with Crippen LogP contribution in [-0.2, 0) is 16.0 Å². The summed E-state index contributed by atoms with van der Waals surface area (Å²) < 4.78 is 10.3. The number of amides is 1. The first-order chi connectivity index (χ1) is 9.56. The first kappa shape index (κ1) is 17.9. The maximum atomic E-state index is 12.1. The molecule has 0 aromatic carbocycles. The van der Waals surface area contributed by atoms with Gasteiger partial charge in [-0.25, -0.2) is 0 Å². The Bertz CT molecular complexity index is 451. The zero-order valence-corrected chi connectivity index (χ0v) is 13.6. The fourth-order valence-electron chi connectivity index (χ4n) is 2.72. The molecular formula is C14H24ClN3O3. The highest BCUT2D eigenvalue weighted by molar-refractivity contribution is 5.85. The zero-order chi connectivity index (χ0) is 14.6. The molecule has 0 radical (unpaired) electrons. The van der Waals surface area contributed by atoms with Gasteiger partial charge in [-0.05, 0) is 33.2 Å². The molecule has 1 atom stereocenters. The van der Waals surface area contributed by atoms with E-state index < -0.39 is 0 Å². The molecule has 7 heteroatoms. The molecular weight excluding hydrogens is 294 g/mol. The van der Waals surface area contributed by atoms with Crippen LogP contribution in [0.1, 0.15) is 29.9 Å². The molecule has 0 bridgehead atoms. The van der Waals surface area contributed by atoms with Gasteiger partial charge in [0.05, 0.1) is 24.3 Å². The van der Waals surface area contributed by atoms with Gasteiger partial charge in [-0.1, -0.05) is 5.16 Å². The minimum absolute atomic E-state index is 0. The summed E-state index contributed by atoms with van der Waals surface area (Å²) in [5.74, 6) is 0.701. The third kappa shape index (κ3) is 4.43. The fraction of sp³-hybridized carbons (Fsp3) is 0.714. The van der Waals surface area contributed by atoms with E-state index in [1.54, 1.807) is 7.11 Å². The number of methoxy groups -OCH3 is 1. The monoisotopic (exact) mass is 317 g/mol. The molecule has 0 aliphatic carbocycles. The summed E-state index contributed by atoms with van der Waals surface area (Å²) in [7, 11) is 1.69. The third-order valence-corrected chi connectivity index (χ3v) is 3.90. The van der Waals surface area contributed by atoms with Crippen LogP contribution >= 0.6 is 12.4 Å². The minimum Gasteiger partial charge on any atom is -0.383 e. The van der Waals surface area contributed by atoms with Crippen molar-refractivity contribution in [2.45, 2.75) is 38.6 Å². The number of nitrogens with zero attached hydrogens (tertiary/aromatic N) is 1. The molecule has 1 aromatic rings. The molecule has 2 rings (SSSR count). The van der Waals surface area contributed by atoms with Crippen molar-refractivity contribution >= 4 is 18.3 Å². The van der Waals surface area contributed by atoms with Crippen LogP contribution in [0, 0.1) is 13.8 Å². The Kier molecular flexibility index (Phi) is 6.64. The van der Waals surface area contributed by atoms with Gasteiger partial charge in [-0.15, -0.1) is 12.4 Å². The molecule has 1 aliphatic heterocycles. The maximum absolute atomic E-state index is 12.1. The largest absolute Gasteiger partial charge is 0.383 e. The SMILES string of the molecule is COCC1(CNC(=O)Cc2c(C)noc2C)CCCN1.Cl. The van der Waals surface area contributed by atoms with E-state index in [-0.39, 0.29) is 23.9 Å². The number of ether oxygens (including phenoxy) is 1. The van der Waals surface area contributed by atoms with Crippen molar-refractivity contribution in [1.82, 2.24) is 15.8 Å². The van der Waals surface area contributed by atoms with Gasteiger partial charge in [0.2, 0.25) is 5.91 Å². The quantitative estimate of drug-likeness (QED) is 0.823. The van der Waals surface area contributed by atoms with E-state index in [0.29, 0.717) is 25.3 Å². The van der Waals surface area contributed by atoms with E-state index in [2.05, 4.69) is 15.8 Å². The van der Waals surface area contributed by atoms with Crippen molar-refractivity contribution in [2.24, 2.45) is 0 Å². The van der Waals surface area contributed by atoms with Crippen molar-refractivity contribution in [2.75, 3.05) is 26.8 Å². The minimum atomic E-state index is -0.122. The number of carbonyl (C=O) groups excluding carboxylic acids is 1. The Hall–Kier alpha value is -1.11. The van der Waals surface area contributed by atoms with E-state index >= 15 is 0 Å². The number of nitrogens with one attached hydrogen (secondary N) is 2. The highest BCUT2D eigenvalue weighted by Crippen LogP contribution is 2.19. The van der Waals surface area contributed by atoms with Crippen LogP contribution in [0.4, 0.5) is 0 Å². The average Bonchev–Trinajstić information content (AvgIpc) is 3.00. The number of hydrogen-bond acceptors (Lipinski definition) is 5. The van der Waals surface area contributed by atoms with Gasteiger partial charge in [0, 0.05) is 19.2 Å². The summed E-state index contributed by atoms with van der Waals surface area (Å²) in [6.45, 7) is 5.85. The molecule has 2 N–H and O–H groups in total. The summed E-state index contributed by atoms with van der Waals surface area (Å²) in [6.07, 6.45) is 2.44. The van der Waals surface area contributed by atoms with Crippen molar-refractivity contribution < 1.29 is 14.1 Å². The number of rotatable bonds is 6. The van der Waals surface area contributed by atoms with E-state index in [1.807, 2.05) is 13.8 Å². The smallest absolute Gasteiger partial charge is 0.224 e. The van der Waals surface area contributed by atoms with Gasteiger partial charge in [0.25, 0.3) is 0 Å². The molecule has 1 amide bonds. The zero-order valence-electron chi connectivity index (χ0n) is 12.8. The number of carbonyl (C=O) groups is 1. The Morgan fingerprint density at radius 3 is 2.81 bits per heavy atom. The van der Waals surface area contributed by atoms with Gasteiger partial charge in [-0.3, -0.25) is 4.79 Å². The van der Waals surface area contributed by atoms with Crippen LogP contribution in [-0.4, -0.2) is 43.4 Å². The maximum Gasteiger partial charge on any atom is 0.224 e. The van der Waals surface area contributed by atoms with Gasteiger partial charge in [0.15, 0.2) is 0 Å². The van der Waals surface area contributed by atoms with Gasteiger partial charge in [-0.2, -0.15) is 0 Å². The second-order valence-corrected chi connectivity index (χ2v) is 5.50. The summed E-state index contributed by atoms with van der Waals surface area (Å²) in [6, 6.07) is 0. The standard InChI is InChI=1S/C14H23N3O3.ClH/c1-10-12(11(2)20-17-10)7-13(18)15-8-14(9-19-3)5-4-6-16-14;/h16H,4-9H2,1-3H3,(H,15,18);1H. The fourth-order valence-corrected chi connectivity index (χ4v) is 2.72. The highest BCUT2D eigenvalue weighted by Gasteiger charge is 2.33. The predicted octanol–water partition coefficient (Wildman–Crippen LogP) is 1.14. The normalized spacial score (nSPS) is 21.1. The van der Waals surface area contributed by atoms with Crippen molar-refractivity contribution in [3.05, 3.63) is 17.0 Å². The number of hydrogen-bond donors (Lipinski definition) is 2. The molecule has 0 saturated carbocycles. The highest BCUT2D eigenvalue weighted by atomic mass is 35.5. The topological polar surface area (TPSA) is 76.4 Å². The first-order valence-corrected chi connectivity index (χ1v) is 6.99. The Balaban J connectivity index is 0.00000220. The average molecular weight is 318 g/mol. The molecule has 120 valence electrons. The van der Waals surface area contributed by atoms with Gasteiger partial charge in [0.1, 0.15) is 5.76 Å².